The quantitative estimate of drug-likeness (QED) is 0.428. The summed E-state index contributed by atoms with van der Waals surface area (Å²) in [5.74, 6) is -0.940. The van der Waals surface area contributed by atoms with Crippen LogP contribution in [0.3, 0.4) is 0 Å². The minimum absolute atomic E-state index is 0.106. The summed E-state index contributed by atoms with van der Waals surface area (Å²) in [7, 11) is 3.03. The average Bonchev–Trinajstić information content (AvgIpc) is 3.35. The summed E-state index contributed by atoms with van der Waals surface area (Å²) < 4.78 is 6.51. The molecule has 0 N–H and O–H groups in total. The van der Waals surface area contributed by atoms with Gasteiger partial charge in [-0.1, -0.05) is 6.07 Å². The van der Waals surface area contributed by atoms with Crippen LogP contribution in [0.2, 0.25) is 0 Å². The van der Waals surface area contributed by atoms with Gasteiger partial charge in [0.1, 0.15) is 5.69 Å². The molecule has 0 saturated heterocycles. The molecule has 0 spiro atoms. The van der Waals surface area contributed by atoms with Crippen LogP contribution < -0.4 is 0 Å². The second kappa shape index (κ2) is 9.04. The molecular formula is C22H23N3O4S. The number of carbonyl (C=O) groups excluding carboxylic acids is 3. The van der Waals surface area contributed by atoms with Crippen LogP contribution in [0.4, 0.5) is 0 Å². The van der Waals surface area contributed by atoms with E-state index in [0.29, 0.717) is 27.4 Å². The van der Waals surface area contributed by atoms with Gasteiger partial charge >= 0.3 is 5.97 Å². The molecule has 0 atom stereocenters. The number of aromatic nitrogens is 2. The Kier molecular flexibility index (Phi) is 6.47. The van der Waals surface area contributed by atoms with Gasteiger partial charge in [0.25, 0.3) is 5.91 Å². The Morgan fingerprint density at radius 2 is 1.87 bits per heavy atom. The molecule has 0 unspecified atom stereocenters. The molecule has 3 aromatic rings. The normalized spacial score (nSPS) is 10.7. The van der Waals surface area contributed by atoms with Gasteiger partial charge in [-0.3, -0.25) is 14.6 Å². The van der Waals surface area contributed by atoms with Crippen molar-refractivity contribution in [3.8, 4) is 0 Å². The van der Waals surface area contributed by atoms with E-state index < -0.39 is 5.97 Å². The first-order valence-corrected chi connectivity index (χ1v) is 10.2. The topological polar surface area (TPSA) is 81.5 Å². The predicted molar refractivity (Wildman–Crippen MR) is 114 cm³/mol. The van der Waals surface area contributed by atoms with Crippen molar-refractivity contribution in [3.63, 3.8) is 0 Å². The smallest absolute Gasteiger partial charge is 0.354 e. The van der Waals surface area contributed by atoms with Crippen molar-refractivity contribution in [1.29, 1.82) is 0 Å². The number of carbonyl (C=O) groups is 3. The summed E-state index contributed by atoms with van der Waals surface area (Å²) in [6, 6.07) is 7.17. The standard InChI is InChI=1S/C22H23N3O4S/c1-14-19(15(2)24(3)20(14)22(28)29-4)17(26)13-25(12-16-7-9-23-10-8-16)21(27)18-6-5-11-30-18/h5-11H,12-13H2,1-4H3. The number of pyridine rings is 1. The molecule has 0 radical (unpaired) electrons. The molecule has 0 aliphatic rings. The number of esters is 1. The summed E-state index contributed by atoms with van der Waals surface area (Å²) in [6.07, 6.45) is 3.30. The van der Waals surface area contributed by atoms with E-state index in [9.17, 15) is 14.4 Å². The molecule has 3 heterocycles. The number of ether oxygens (including phenoxy) is 1. The van der Waals surface area contributed by atoms with E-state index in [4.69, 9.17) is 4.74 Å². The van der Waals surface area contributed by atoms with E-state index in [1.165, 1.54) is 23.3 Å². The van der Waals surface area contributed by atoms with E-state index in [1.807, 2.05) is 17.5 Å². The molecule has 7 nitrogen and oxygen atoms in total. The number of nitrogens with zero attached hydrogens (tertiary/aromatic N) is 3. The first-order valence-electron chi connectivity index (χ1n) is 9.34. The summed E-state index contributed by atoms with van der Waals surface area (Å²) in [6.45, 7) is 3.67. The SMILES string of the molecule is COC(=O)c1c(C)c(C(=O)CN(Cc2ccncc2)C(=O)c2cccs2)c(C)n1C. The van der Waals surface area contributed by atoms with Gasteiger partial charge in [0.05, 0.1) is 18.5 Å². The lowest BCUT2D eigenvalue weighted by molar-refractivity contribution is 0.0588. The van der Waals surface area contributed by atoms with Crippen LogP contribution in [0.25, 0.3) is 0 Å². The van der Waals surface area contributed by atoms with Crippen LogP contribution in [0.5, 0.6) is 0 Å². The molecule has 0 aliphatic heterocycles. The fourth-order valence-electron chi connectivity index (χ4n) is 3.49. The molecule has 1 amide bonds. The predicted octanol–water partition coefficient (Wildman–Crippen LogP) is 3.41. The Morgan fingerprint density at radius 1 is 1.17 bits per heavy atom. The number of thiophene rings is 1. The molecule has 0 fully saturated rings. The highest BCUT2D eigenvalue weighted by Crippen LogP contribution is 2.24. The number of ketones is 1. The Bertz CT molecular complexity index is 1070. The zero-order valence-electron chi connectivity index (χ0n) is 17.3. The van der Waals surface area contributed by atoms with Crippen LogP contribution in [-0.2, 0) is 18.3 Å². The molecule has 3 aromatic heterocycles. The van der Waals surface area contributed by atoms with Gasteiger partial charge in [-0.15, -0.1) is 11.3 Å². The third kappa shape index (κ3) is 4.18. The summed E-state index contributed by atoms with van der Waals surface area (Å²) in [4.78, 5) is 44.6. The van der Waals surface area contributed by atoms with Crippen LogP contribution in [0, 0.1) is 13.8 Å². The number of amides is 1. The Morgan fingerprint density at radius 3 is 2.47 bits per heavy atom. The van der Waals surface area contributed by atoms with E-state index in [0.717, 1.165) is 5.56 Å². The lowest BCUT2D eigenvalue weighted by Gasteiger charge is -2.22. The highest BCUT2D eigenvalue weighted by molar-refractivity contribution is 7.12. The summed E-state index contributed by atoms with van der Waals surface area (Å²) >= 11 is 1.33. The summed E-state index contributed by atoms with van der Waals surface area (Å²) in [5.41, 5.74) is 2.87. The fraction of sp³-hybridized carbons (Fsp3) is 0.273. The van der Waals surface area contributed by atoms with Crippen LogP contribution >= 0.6 is 11.3 Å². The minimum atomic E-state index is -0.500. The van der Waals surface area contributed by atoms with Gasteiger partial charge in [-0.2, -0.15) is 0 Å². The molecule has 0 saturated carbocycles. The van der Waals surface area contributed by atoms with Gasteiger partial charge < -0.3 is 14.2 Å². The summed E-state index contributed by atoms with van der Waals surface area (Å²) in [5, 5.41) is 1.83. The maximum absolute atomic E-state index is 13.3. The molecule has 0 aromatic carbocycles. The average molecular weight is 426 g/mol. The van der Waals surface area contributed by atoms with E-state index in [1.54, 1.807) is 50.0 Å². The van der Waals surface area contributed by atoms with Crippen molar-refractivity contribution in [1.82, 2.24) is 14.5 Å². The second-order valence-corrected chi connectivity index (χ2v) is 7.85. The number of Topliss-reactive ketones (excluding diaryl/α,β-unsaturated/α-hetero) is 1. The van der Waals surface area contributed by atoms with E-state index in [-0.39, 0.29) is 24.8 Å². The van der Waals surface area contributed by atoms with Crippen LogP contribution in [0.15, 0.2) is 42.0 Å². The zero-order valence-corrected chi connectivity index (χ0v) is 18.2. The van der Waals surface area contributed by atoms with E-state index in [2.05, 4.69) is 4.98 Å². The van der Waals surface area contributed by atoms with Crippen molar-refractivity contribution < 1.29 is 19.1 Å². The number of hydrogen-bond acceptors (Lipinski definition) is 6. The van der Waals surface area contributed by atoms with Gasteiger partial charge in [-0.25, -0.2) is 4.79 Å². The number of methoxy groups -OCH3 is 1. The van der Waals surface area contributed by atoms with Gasteiger partial charge in [-0.05, 0) is 48.6 Å². The van der Waals surface area contributed by atoms with Crippen molar-refractivity contribution >= 4 is 29.0 Å². The largest absolute Gasteiger partial charge is 0.464 e. The highest BCUT2D eigenvalue weighted by Gasteiger charge is 2.28. The third-order valence-corrected chi connectivity index (χ3v) is 5.92. The molecule has 3 rings (SSSR count). The fourth-order valence-corrected chi connectivity index (χ4v) is 4.18. The highest BCUT2D eigenvalue weighted by atomic mass is 32.1. The minimum Gasteiger partial charge on any atom is -0.464 e. The number of hydrogen-bond donors (Lipinski definition) is 0. The first-order chi connectivity index (χ1) is 14.3. The van der Waals surface area contributed by atoms with Crippen LogP contribution in [0.1, 0.15) is 47.3 Å². The first kappa shape index (κ1) is 21.4. The van der Waals surface area contributed by atoms with Crippen molar-refractivity contribution in [2.75, 3.05) is 13.7 Å². The lowest BCUT2D eigenvalue weighted by atomic mass is 10.0. The number of rotatable bonds is 7. The molecular weight excluding hydrogens is 402 g/mol. The molecule has 0 aliphatic carbocycles. The van der Waals surface area contributed by atoms with Gasteiger partial charge in [0.15, 0.2) is 5.78 Å². The lowest BCUT2D eigenvalue weighted by Crippen LogP contribution is -2.35. The molecule has 156 valence electrons. The molecule has 30 heavy (non-hydrogen) atoms. The maximum atomic E-state index is 13.3. The van der Waals surface area contributed by atoms with Gasteiger partial charge in [0, 0.05) is 37.2 Å². The van der Waals surface area contributed by atoms with Crippen LogP contribution in [-0.4, -0.2) is 45.8 Å². The van der Waals surface area contributed by atoms with Crippen molar-refractivity contribution in [2.45, 2.75) is 20.4 Å². The zero-order chi connectivity index (χ0) is 21.8. The third-order valence-electron chi connectivity index (χ3n) is 5.06. The second-order valence-electron chi connectivity index (χ2n) is 6.90. The van der Waals surface area contributed by atoms with Crippen molar-refractivity contribution in [3.05, 3.63) is 75.0 Å². The van der Waals surface area contributed by atoms with E-state index >= 15 is 0 Å². The van der Waals surface area contributed by atoms with Gasteiger partial charge in [0.2, 0.25) is 0 Å². The Hall–Kier alpha value is -3.26. The molecule has 8 heteroatoms. The Balaban J connectivity index is 1.94. The Labute approximate surface area is 178 Å². The monoisotopic (exact) mass is 425 g/mol. The maximum Gasteiger partial charge on any atom is 0.354 e. The van der Waals surface area contributed by atoms with Crippen molar-refractivity contribution in [2.24, 2.45) is 7.05 Å². The molecule has 0 bridgehead atoms.